The molecule has 0 radical (unpaired) electrons. The molecule has 0 aliphatic rings. The van der Waals surface area contributed by atoms with Gasteiger partial charge >= 0.3 is 5.97 Å². The van der Waals surface area contributed by atoms with Gasteiger partial charge < -0.3 is 14.6 Å². The molecule has 38 heavy (non-hydrogen) atoms. The second kappa shape index (κ2) is 15.8. The van der Waals surface area contributed by atoms with Crippen molar-refractivity contribution < 1.29 is 24.2 Å². The molecule has 200 valence electrons. The van der Waals surface area contributed by atoms with Crippen molar-refractivity contribution in [2.45, 2.75) is 58.3 Å². The summed E-state index contributed by atoms with van der Waals surface area (Å²) in [6, 6.07) is 14.3. The number of nitrogens with zero attached hydrogens (tertiary/aromatic N) is 2. The van der Waals surface area contributed by atoms with Crippen LogP contribution in [0.15, 0.2) is 72.1 Å². The number of unbranched alkanes of at least 4 members (excludes halogenated alkanes) is 7. The predicted molar refractivity (Wildman–Crippen MR) is 147 cm³/mol. The molecule has 1 heterocycles. The zero-order valence-corrected chi connectivity index (χ0v) is 21.8. The van der Waals surface area contributed by atoms with Crippen molar-refractivity contribution in [3.63, 3.8) is 0 Å². The summed E-state index contributed by atoms with van der Waals surface area (Å²) in [5.74, 6) is -0.215. The molecular formula is C30H35N3O5. The minimum atomic E-state index is -0.551. The monoisotopic (exact) mass is 517 g/mol. The summed E-state index contributed by atoms with van der Waals surface area (Å²) in [7, 11) is 0. The van der Waals surface area contributed by atoms with Crippen LogP contribution in [0.5, 0.6) is 17.2 Å². The topological polar surface area (TPSA) is 110 Å². The van der Waals surface area contributed by atoms with E-state index < -0.39 is 11.9 Å². The lowest BCUT2D eigenvalue weighted by molar-refractivity contribution is 0.0734. The number of rotatable bonds is 15. The molecule has 0 bridgehead atoms. The molecule has 0 atom stereocenters. The minimum absolute atomic E-state index is 0.151. The predicted octanol–water partition coefficient (Wildman–Crippen LogP) is 6.29. The third-order valence-corrected chi connectivity index (χ3v) is 5.88. The summed E-state index contributed by atoms with van der Waals surface area (Å²) in [6.07, 6.45) is 14.3. The van der Waals surface area contributed by atoms with Gasteiger partial charge in [-0.2, -0.15) is 5.10 Å². The highest BCUT2D eigenvalue weighted by atomic mass is 16.5. The van der Waals surface area contributed by atoms with Gasteiger partial charge in [-0.15, -0.1) is 0 Å². The number of hydrazone groups is 1. The highest BCUT2D eigenvalue weighted by Gasteiger charge is 2.11. The lowest BCUT2D eigenvalue weighted by Crippen LogP contribution is -2.17. The van der Waals surface area contributed by atoms with Crippen molar-refractivity contribution in [1.82, 2.24) is 10.4 Å². The second-order valence-electron chi connectivity index (χ2n) is 8.89. The van der Waals surface area contributed by atoms with Crippen molar-refractivity contribution >= 4 is 18.1 Å². The number of aromatic hydroxyl groups is 1. The Morgan fingerprint density at radius 3 is 2.21 bits per heavy atom. The maximum absolute atomic E-state index is 12.5. The molecule has 1 amide bonds. The number of carbonyl (C=O) groups is 2. The zero-order chi connectivity index (χ0) is 27.0. The van der Waals surface area contributed by atoms with Crippen molar-refractivity contribution in [3.05, 3.63) is 83.7 Å². The molecule has 0 fully saturated rings. The highest BCUT2D eigenvalue weighted by molar-refractivity contribution is 5.95. The Labute approximate surface area is 223 Å². The van der Waals surface area contributed by atoms with Crippen LogP contribution in [0, 0.1) is 0 Å². The van der Waals surface area contributed by atoms with Gasteiger partial charge in [-0.3, -0.25) is 9.78 Å². The van der Waals surface area contributed by atoms with Gasteiger partial charge in [0.2, 0.25) is 0 Å². The molecule has 0 unspecified atom stereocenters. The molecule has 8 nitrogen and oxygen atoms in total. The second-order valence-corrected chi connectivity index (χ2v) is 8.89. The number of esters is 1. The van der Waals surface area contributed by atoms with Gasteiger partial charge in [-0.05, 0) is 55.0 Å². The fraction of sp³-hybridized carbons (Fsp3) is 0.333. The number of phenols is 1. The molecule has 8 heteroatoms. The summed E-state index contributed by atoms with van der Waals surface area (Å²) < 4.78 is 11.2. The van der Waals surface area contributed by atoms with Crippen LogP contribution in [0.25, 0.3) is 0 Å². The smallest absolute Gasteiger partial charge is 0.343 e. The van der Waals surface area contributed by atoms with Crippen LogP contribution in [-0.2, 0) is 0 Å². The van der Waals surface area contributed by atoms with E-state index in [-0.39, 0.29) is 11.5 Å². The average Bonchev–Trinajstić information content (AvgIpc) is 2.94. The Bertz CT molecular complexity index is 1180. The fourth-order valence-electron chi connectivity index (χ4n) is 3.70. The van der Waals surface area contributed by atoms with Gasteiger partial charge in [0.25, 0.3) is 5.91 Å². The molecule has 0 saturated heterocycles. The van der Waals surface area contributed by atoms with Gasteiger partial charge in [0.15, 0.2) is 0 Å². The molecule has 3 aromatic rings. The van der Waals surface area contributed by atoms with Crippen LogP contribution >= 0.6 is 0 Å². The number of ether oxygens (including phenoxy) is 2. The van der Waals surface area contributed by atoms with Crippen LogP contribution < -0.4 is 14.9 Å². The quantitative estimate of drug-likeness (QED) is 0.0806. The Kier molecular flexibility index (Phi) is 11.8. The van der Waals surface area contributed by atoms with Gasteiger partial charge in [-0.1, -0.05) is 51.9 Å². The lowest BCUT2D eigenvalue weighted by Gasteiger charge is -2.08. The number of pyridine rings is 1. The van der Waals surface area contributed by atoms with E-state index in [1.807, 2.05) is 0 Å². The Hall–Kier alpha value is -4.20. The Morgan fingerprint density at radius 2 is 1.53 bits per heavy atom. The fourth-order valence-corrected chi connectivity index (χ4v) is 3.70. The Morgan fingerprint density at radius 1 is 0.868 bits per heavy atom. The van der Waals surface area contributed by atoms with Gasteiger partial charge in [0.1, 0.15) is 17.2 Å². The van der Waals surface area contributed by atoms with Crippen LogP contribution in [0.3, 0.4) is 0 Å². The number of hydrogen-bond acceptors (Lipinski definition) is 7. The van der Waals surface area contributed by atoms with Crippen LogP contribution in [0.1, 0.15) is 84.6 Å². The van der Waals surface area contributed by atoms with Crippen LogP contribution in [-0.4, -0.2) is 34.8 Å². The van der Waals surface area contributed by atoms with E-state index in [1.165, 1.54) is 75.3 Å². The summed E-state index contributed by atoms with van der Waals surface area (Å²) in [6.45, 7) is 2.88. The van der Waals surface area contributed by atoms with Crippen molar-refractivity contribution in [1.29, 1.82) is 0 Å². The first-order chi connectivity index (χ1) is 18.6. The van der Waals surface area contributed by atoms with E-state index in [0.717, 1.165) is 12.8 Å². The highest BCUT2D eigenvalue weighted by Crippen LogP contribution is 2.23. The molecule has 3 rings (SSSR count). The third kappa shape index (κ3) is 9.69. The Balaban J connectivity index is 1.41. The van der Waals surface area contributed by atoms with Gasteiger partial charge in [0.05, 0.1) is 18.4 Å². The van der Waals surface area contributed by atoms with E-state index in [4.69, 9.17) is 9.47 Å². The SMILES string of the molecule is CCCCCCCCCCOc1ccc(C(=O)Oc2ccc(/C=N/NC(=O)c3ccncc3)c(O)c2)cc1. The maximum Gasteiger partial charge on any atom is 0.343 e. The van der Waals surface area contributed by atoms with Crippen molar-refractivity contribution in [2.75, 3.05) is 6.61 Å². The standard InChI is InChI=1S/C30H35N3O5/c1-2-3-4-5-6-7-8-9-20-37-26-13-10-24(11-14-26)30(36)38-27-15-12-25(28(34)21-27)22-32-33-29(35)23-16-18-31-19-17-23/h10-19,21-22,34H,2-9,20H2,1H3,(H,33,35)/b32-22+. The molecule has 0 aliphatic carbocycles. The van der Waals surface area contributed by atoms with Crippen LogP contribution in [0.4, 0.5) is 0 Å². The number of phenolic OH excluding ortho intramolecular Hbond substituents is 1. The molecule has 0 saturated carbocycles. The number of aromatic nitrogens is 1. The number of amides is 1. The van der Waals surface area contributed by atoms with E-state index >= 15 is 0 Å². The molecular weight excluding hydrogens is 482 g/mol. The van der Waals surface area contributed by atoms with Crippen LogP contribution in [0.2, 0.25) is 0 Å². The number of hydrogen-bond donors (Lipinski definition) is 2. The van der Waals surface area contributed by atoms with E-state index in [0.29, 0.717) is 29.0 Å². The van der Waals surface area contributed by atoms with Crippen molar-refractivity contribution in [2.24, 2.45) is 5.10 Å². The maximum atomic E-state index is 12.5. The first-order valence-electron chi connectivity index (χ1n) is 13.1. The first-order valence-corrected chi connectivity index (χ1v) is 13.1. The lowest BCUT2D eigenvalue weighted by atomic mass is 10.1. The van der Waals surface area contributed by atoms with E-state index in [1.54, 1.807) is 36.4 Å². The zero-order valence-electron chi connectivity index (χ0n) is 21.8. The van der Waals surface area contributed by atoms with E-state index in [9.17, 15) is 14.7 Å². The largest absolute Gasteiger partial charge is 0.507 e. The number of benzene rings is 2. The van der Waals surface area contributed by atoms with Gasteiger partial charge in [0, 0.05) is 29.6 Å². The third-order valence-electron chi connectivity index (χ3n) is 5.88. The summed E-state index contributed by atoms with van der Waals surface area (Å²) in [5.41, 5.74) is 3.50. The number of nitrogens with one attached hydrogen (secondary N) is 1. The molecule has 0 aliphatic heterocycles. The van der Waals surface area contributed by atoms with Crippen molar-refractivity contribution in [3.8, 4) is 17.2 Å². The van der Waals surface area contributed by atoms with E-state index in [2.05, 4.69) is 22.4 Å². The number of carbonyl (C=O) groups excluding carboxylic acids is 2. The summed E-state index contributed by atoms with van der Waals surface area (Å²) in [5, 5.41) is 14.1. The molecule has 0 spiro atoms. The summed E-state index contributed by atoms with van der Waals surface area (Å²) in [4.78, 5) is 28.4. The van der Waals surface area contributed by atoms with Gasteiger partial charge in [-0.25, -0.2) is 10.2 Å². The minimum Gasteiger partial charge on any atom is -0.507 e. The first kappa shape index (κ1) is 28.4. The molecule has 2 aromatic carbocycles. The summed E-state index contributed by atoms with van der Waals surface area (Å²) >= 11 is 0. The molecule has 1 aromatic heterocycles. The normalized spacial score (nSPS) is 10.9. The molecule has 2 N–H and O–H groups in total. The average molecular weight is 518 g/mol.